The average Bonchev–Trinajstić information content (AvgIpc) is 3.17. The Bertz CT molecular complexity index is 1230. The van der Waals surface area contributed by atoms with Crippen molar-refractivity contribution in [1.82, 2.24) is 0 Å². The highest BCUT2D eigenvalue weighted by molar-refractivity contribution is 7.99. The average molecular weight is 444 g/mol. The fourth-order valence-corrected chi connectivity index (χ4v) is 5.22. The van der Waals surface area contributed by atoms with Gasteiger partial charge < -0.3 is 15.1 Å². The molecule has 6 nitrogen and oxygen atoms in total. The first kappa shape index (κ1) is 20.3. The molecule has 2 aliphatic heterocycles. The van der Waals surface area contributed by atoms with Crippen LogP contribution in [0, 0.1) is 5.92 Å². The summed E-state index contributed by atoms with van der Waals surface area (Å²) in [6.45, 7) is 0.360. The van der Waals surface area contributed by atoms with Crippen molar-refractivity contribution < 1.29 is 14.4 Å². The van der Waals surface area contributed by atoms with Crippen LogP contribution in [0.15, 0.2) is 82.6 Å². The van der Waals surface area contributed by atoms with Gasteiger partial charge in [-0.25, -0.2) is 0 Å². The van der Waals surface area contributed by atoms with Crippen LogP contribution in [0.25, 0.3) is 0 Å². The van der Waals surface area contributed by atoms with E-state index in [4.69, 9.17) is 0 Å². The SMILES string of the molecule is CN1C(=O)c2ccccc2Sc2cc(NC(=O)[C@H]3CC(=O)N(c4ccccc4)C3)ccc21. The molecule has 1 atom stereocenters. The van der Waals surface area contributed by atoms with Crippen LogP contribution in [-0.2, 0) is 9.59 Å². The maximum atomic E-state index is 12.9. The van der Waals surface area contributed by atoms with Crippen molar-refractivity contribution >= 4 is 46.5 Å². The van der Waals surface area contributed by atoms with Gasteiger partial charge in [-0.1, -0.05) is 42.1 Å². The maximum absolute atomic E-state index is 12.9. The fourth-order valence-electron chi connectivity index (χ4n) is 4.08. The highest BCUT2D eigenvalue weighted by Gasteiger charge is 2.35. The first-order valence-corrected chi connectivity index (χ1v) is 11.2. The van der Waals surface area contributed by atoms with Gasteiger partial charge in [0.2, 0.25) is 11.8 Å². The van der Waals surface area contributed by atoms with Crippen LogP contribution in [0.4, 0.5) is 17.1 Å². The number of para-hydroxylation sites is 1. The smallest absolute Gasteiger partial charge is 0.259 e. The summed E-state index contributed by atoms with van der Waals surface area (Å²) in [6.07, 6.45) is 0.186. The molecule has 3 amide bonds. The van der Waals surface area contributed by atoms with E-state index in [1.54, 1.807) is 22.9 Å². The van der Waals surface area contributed by atoms with Gasteiger partial charge >= 0.3 is 0 Å². The summed E-state index contributed by atoms with van der Waals surface area (Å²) in [6, 6.07) is 22.4. The zero-order valence-corrected chi connectivity index (χ0v) is 18.3. The van der Waals surface area contributed by atoms with Gasteiger partial charge in [-0.15, -0.1) is 0 Å². The van der Waals surface area contributed by atoms with Gasteiger partial charge in [-0.2, -0.15) is 0 Å². The second-order valence-corrected chi connectivity index (χ2v) is 8.96. The third kappa shape index (κ3) is 3.65. The Morgan fingerprint density at radius 2 is 1.72 bits per heavy atom. The normalized spacial score (nSPS) is 17.6. The number of carbonyl (C=O) groups is 3. The van der Waals surface area contributed by atoms with E-state index in [9.17, 15) is 14.4 Å². The Morgan fingerprint density at radius 3 is 2.53 bits per heavy atom. The predicted molar refractivity (Wildman–Crippen MR) is 125 cm³/mol. The van der Waals surface area contributed by atoms with Crippen LogP contribution in [-0.4, -0.2) is 31.3 Å². The molecule has 2 heterocycles. The lowest BCUT2D eigenvalue weighted by Gasteiger charge is -2.19. The molecular weight excluding hydrogens is 422 g/mol. The third-order valence-corrected chi connectivity index (χ3v) is 6.92. The highest BCUT2D eigenvalue weighted by Crippen LogP contribution is 2.42. The molecule has 0 aromatic heterocycles. The van der Waals surface area contributed by atoms with Crippen molar-refractivity contribution in [3.63, 3.8) is 0 Å². The fraction of sp³-hybridized carbons (Fsp3) is 0.160. The number of fused-ring (bicyclic) bond motifs is 2. The van der Waals surface area contributed by atoms with E-state index in [1.165, 1.54) is 11.8 Å². The van der Waals surface area contributed by atoms with Gasteiger partial charge in [-0.3, -0.25) is 14.4 Å². The zero-order chi connectivity index (χ0) is 22.2. The van der Waals surface area contributed by atoms with E-state index in [1.807, 2.05) is 66.7 Å². The minimum atomic E-state index is -0.417. The number of carbonyl (C=O) groups excluding carboxylic acids is 3. The number of hydrogen-bond donors (Lipinski definition) is 1. The Labute approximate surface area is 190 Å². The van der Waals surface area contributed by atoms with Crippen molar-refractivity contribution in [3.8, 4) is 0 Å². The summed E-state index contributed by atoms with van der Waals surface area (Å²) >= 11 is 1.51. The number of rotatable bonds is 3. The van der Waals surface area contributed by atoms with Gasteiger partial charge in [0.05, 0.1) is 17.2 Å². The second-order valence-electron chi connectivity index (χ2n) is 7.88. The highest BCUT2D eigenvalue weighted by atomic mass is 32.2. The summed E-state index contributed by atoms with van der Waals surface area (Å²) in [5.41, 5.74) is 2.90. The van der Waals surface area contributed by atoms with Gasteiger partial charge in [0.15, 0.2) is 0 Å². The second kappa shape index (κ2) is 8.16. The van der Waals surface area contributed by atoms with Crippen LogP contribution in [0.3, 0.4) is 0 Å². The molecular formula is C25H21N3O3S. The summed E-state index contributed by atoms with van der Waals surface area (Å²) in [5.74, 6) is -0.709. The Morgan fingerprint density at radius 1 is 0.969 bits per heavy atom. The number of nitrogens with zero attached hydrogens (tertiary/aromatic N) is 2. The molecule has 7 heteroatoms. The van der Waals surface area contributed by atoms with Crippen LogP contribution < -0.4 is 15.1 Å². The molecule has 2 aliphatic rings. The molecule has 0 unspecified atom stereocenters. The van der Waals surface area contributed by atoms with Crippen LogP contribution in [0.5, 0.6) is 0 Å². The lowest BCUT2D eigenvalue weighted by Crippen LogP contribution is -2.28. The molecule has 1 N–H and O–H groups in total. The van der Waals surface area contributed by atoms with E-state index in [0.29, 0.717) is 17.8 Å². The lowest BCUT2D eigenvalue weighted by molar-refractivity contribution is -0.122. The first-order valence-electron chi connectivity index (χ1n) is 10.4. The number of hydrogen-bond acceptors (Lipinski definition) is 4. The van der Waals surface area contributed by atoms with Gasteiger partial charge in [-0.05, 0) is 42.5 Å². The van der Waals surface area contributed by atoms with Gasteiger partial charge in [0, 0.05) is 41.2 Å². The Kier molecular flexibility index (Phi) is 5.19. The van der Waals surface area contributed by atoms with Crippen molar-refractivity contribution in [1.29, 1.82) is 0 Å². The minimum absolute atomic E-state index is 0.0504. The minimum Gasteiger partial charge on any atom is -0.326 e. The van der Waals surface area contributed by atoms with Crippen molar-refractivity contribution in [2.24, 2.45) is 5.92 Å². The third-order valence-electron chi connectivity index (χ3n) is 5.79. The summed E-state index contributed by atoms with van der Waals surface area (Å²) in [7, 11) is 1.75. The first-order chi connectivity index (χ1) is 15.5. The molecule has 0 saturated carbocycles. The topological polar surface area (TPSA) is 69.7 Å². The van der Waals surface area contributed by atoms with Crippen LogP contribution >= 0.6 is 11.8 Å². The van der Waals surface area contributed by atoms with E-state index in [-0.39, 0.29) is 24.1 Å². The largest absolute Gasteiger partial charge is 0.326 e. The molecule has 0 spiro atoms. The zero-order valence-electron chi connectivity index (χ0n) is 17.4. The Balaban J connectivity index is 1.35. The Hall–Kier alpha value is -3.58. The van der Waals surface area contributed by atoms with E-state index in [0.717, 1.165) is 21.2 Å². The number of nitrogens with one attached hydrogen (secondary N) is 1. The van der Waals surface area contributed by atoms with Crippen molar-refractivity contribution in [3.05, 3.63) is 78.4 Å². The molecule has 160 valence electrons. The summed E-state index contributed by atoms with van der Waals surface area (Å²) in [4.78, 5) is 43.3. The molecule has 32 heavy (non-hydrogen) atoms. The molecule has 0 radical (unpaired) electrons. The number of benzene rings is 3. The van der Waals surface area contributed by atoms with Crippen molar-refractivity contribution in [2.45, 2.75) is 16.2 Å². The van der Waals surface area contributed by atoms with E-state index < -0.39 is 5.92 Å². The number of anilines is 3. The lowest BCUT2D eigenvalue weighted by atomic mass is 10.1. The van der Waals surface area contributed by atoms with Crippen LogP contribution in [0.2, 0.25) is 0 Å². The quantitative estimate of drug-likeness (QED) is 0.651. The number of amides is 3. The molecule has 5 rings (SSSR count). The molecule has 1 fully saturated rings. The van der Waals surface area contributed by atoms with E-state index >= 15 is 0 Å². The summed E-state index contributed by atoms with van der Waals surface area (Å²) < 4.78 is 0. The maximum Gasteiger partial charge on any atom is 0.259 e. The molecule has 0 bridgehead atoms. The van der Waals surface area contributed by atoms with Gasteiger partial charge in [0.1, 0.15) is 0 Å². The van der Waals surface area contributed by atoms with Crippen molar-refractivity contribution in [2.75, 3.05) is 28.7 Å². The predicted octanol–water partition coefficient (Wildman–Crippen LogP) is 4.42. The standard InChI is InChI=1S/C25H21N3O3S/c1-27-20-12-11-17(14-22(20)32-21-10-6-5-9-19(21)25(27)31)26-24(30)16-13-23(29)28(15-16)18-7-3-2-4-8-18/h2-12,14,16H,13,15H2,1H3,(H,26,30)/t16-/m0/s1. The molecule has 1 saturated heterocycles. The van der Waals surface area contributed by atoms with Crippen LogP contribution in [0.1, 0.15) is 16.8 Å². The molecule has 0 aliphatic carbocycles. The van der Waals surface area contributed by atoms with Gasteiger partial charge in [0.25, 0.3) is 5.91 Å². The summed E-state index contributed by atoms with van der Waals surface area (Å²) in [5, 5.41) is 2.96. The van der Waals surface area contributed by atoms with E-state index in [2.05, 4.69) is 5.32 Å². The molecule has 3 aromatic rings. The monoisotopic (exact) mass is 443 g/mol. The molecule has 3 aromatic carbocycles.